The van der Waals surface area contributed by atoms with Crippen LogP contribution in [0, 0.1) is 23.3 Å². The second kappa shape index (κ2) is 27.4. The number of nitrogens with zero attached hydrogens (tertiary/aromatic N) is 4. The van der Waals surface area contributed by atoms with Crippen LogP contribution in [0.25, 0.3) is 0 Å². The van der Waals surface area contributed by atoms with E-state index in [0.717, 1.165) is 0 Å². The highest BCUT2D eigenvalue weighted by Gasteiger charge is 2.53. The van der Waals surface area contributed by atoms with Gasteiger partial charge in [-0.3, -0.25) is 75.5 Å². The van der Waals surface area contributed by atoms with E-state index >= 15 is 0 Å². The van der Waals surface area contributed by atoms with Gasteiger partial charge in [0.25, 0.3) is 22.2 Å². The standard InChI is InChI=1S/4C9H11F2N2O8P/c4*10-4-2-13(8(16)12-6(4)15)7-5(14)1-9(11,21-7)3-20-22(17,18)19/h4*2,5,7,14H,1,3H2,(H,12,15,16)(H2,17,18,19)/t4*5-,7-,9+/m1111/s1/i3D2,7D;7D;3D2;. The maximum absolute atomic E-state index is 14.7. The normalized spacial score (nSPS) is 32.0. The van der Waals surface area contributed by atoms with Gasteiger partial charge in [0.2, 0.25) is 46.7 Å². The van der Waals surface area contributed by atoms with Crippen molar-refractivity contribution in [2.75, 3.05) is 26.3 Å². The van der Waals surface area contributed by atoms with Gasteiger partial charge >= 0.3 is 54.0 Å². The Morgan fingerprint density at radius 3 is 1.01 bits per heavy atom. The highest BCUT2D eigenvalue weighted by atomic mass is 31.2. The number of phosphoric ester groups is 4. The number of phosphoric acid groups is 4. The van der Waals surface area contributed by atoms with Crippen molar-refractivity contribution in [3.63, 3.8) is 0 Å². The number of hydrogen-bond acceptors (Lipinski definition) is 24. The molecule has 0 amide bonds. The van der Waals surface area contributed by atoms with Crippen molar-refractivity contribution in [3.05, 3.63) is 131 Å². The second-order valence-corrected chi connectivity index (χ2v) is 22.3. The van der Waals surface area contributed by atoms with E-state index < -0.39 is 224 Å². The minimum Gasteiger partial charge on any atom is -0.388 e. The predicted molar refractivity (Wildman–Crippen MR) is 255 cm³/mol. The topological polar surface area (TPSA) is 604 Å². The number of aromatic nitrogens is 8. The lowest BCUT2D eigenvalue weighted by atomic mass is 10.2. The molecule has 0 saturated carbocycles. The van der Waals surface area contributed by atoms with Gasteiger partial charge in [-0.25, -0.2) is 55.0 Å². The molecule has 16 N–H and O–H groups in total. The van der Waals surface area contributed by atoms with E-state index in [1.165, 1.54) is 15.0 Å². The minimum atomic E-state index is -5.55. The van der Waals surface area contributed by atoms with E-state index in [1.54, 1.807) is 4.98 Å². The molecule has 0 aromatic carbocycles. The molecule has 52 heteroatoms. The number of H-pyrrole nitrogens is 4. The van der Waals surface area contributed by atoms with E-state index in [1.807, 2.05) is 0 Å². The molecule has 12 atom stereocenters. The predicted octanol–water partition coefficient (Wildman–Crippen LogP) is -5.08. The summed E-state index contributed by atoms with van der Waals surface area (Å²) in [7, 11) is -21.1. The fourth-order valence-corrected chi connectivity index (χ4v) is 8.31. The molecule has 88 heavy (non-hydrogen) atoms. The first kappa shape index (κ1) is 63.8. The van der Waals surface area contributed by atoms with E-state index in [9.17, 15) is 112 Å². The van der Waals surface area contributed by atoms with E-state index in [-0.39, 0.29) is 26.1 Å². The third-order valence-corrected chi connectivity index (χ3v) is 12.2. The van der Waals surface area contributed by atoms with Crippen LogP contribution in [0.1, 0.15) is 58.8 Å². The van der Waals surface area contributed by atoms with Crippen molar-refractivity contribution < 1.29 is 158 Å². The number of halogens is 8. The van der Waals surface area contributed by atoms with Crippen molar-refractivity contribution in [1.29, 1.82) is 0 Å². The summed E-state index contributed by atoms with van der Waals surface area (Å²) in [5, 5.41) is 39.1. The van der Waals surface area contributed by atoms with Gasteiger partial charge in [-0.05, 0) is 0 Å². The average Bonchev–Trinajstić information content (AvgIpc) is 1.59. The van der Waals surface area contributed by atoms with Gasteiger partial charge < -0.3 is 78.5 Å². The molecule has 4 aromatic heterocycles. The zero-order valence-corrected chi connectivity index (χ0v) is 45.7. The number of aromatic amines is 4. The Labute approximate surface area is 483 Å². The molecule has 0 spiro atoms. The molecule has 4 saturated heterocycles. The molecule has 8 heterocycles. The molecule has 8 rings (SSSR count). The number of nitrogens with one attached hydrogen (secondary N) is 4. The maximum atomic E-state index is 14.7. The lowest BCUT2D eigenvalue weighted by Gasteiger charge is -2.21. The van der Waals surface area contributed by atoms with Gasteiger partial charge in [-0.2, -0.15) is 17.6 Å². The summed E-state index contributed by atoms with van der Waals surface area (Å²) in [5.74, 6) is -19.1. The van der Waals surface area contributed by atoms with Crippen LogP contribution in [0.3, 0.4) is 0 Å². The van der Waals surface area contributed by atoms with Crippen LogP contribution >= 0.6 is 31.3 Å². The Bertz CT molecular complexity index is 4230. The molecule has 40 nitrogen and oxygen atoms in total. The minimum absolute atomic E-state index is 0.0523. The zero-order chi connectivity index (χ0) is 72.3. The molecular formula is C36H44F8N8O32P4. The monoisotopic (exact) mass is 1380 g/mol. The molecule has 0 radical (unpaired) electrons. The summed E-state index contributed by atoms with van der Waals surface area (Å²) >= 11 is 0. The maximum Gasteiger partial charge on any atom is 0.469 e. The molecule has 0 bridgehead atoms. The fourth-order valence-electron chi connectivity index (χ4n) is 7.08. The van der Waals surface area contributed by atoms with Gasteiger partial charge in [0.1, 0.15) is 50.7 Å². The molecule has 4 aliphatic heterocycles. The summed E-state index contributed by atoms with van der Waals surface area (Å²) in [4.78, 5) is 165. The summed E-state index contributed by atoms with van der Waals surface area (Å²) in [6, 6.07) is 0. The first-order valence-corrected chi connectivity index (χ1v) is 28.6. The molecule has 4 aromatic rings. The number of rotatable bonds is 16. The summed E-state index contributed by atoms with van der Waals surface area (Å²) in [5.41, 5.74) is -10.8. The highest BCUT2D eigenvalue weighted by Crippen LogP contribution is 2.47. The molecule has 496 valence electrons. The van der Waals surface area contributed by atoms with Gasteiger partial charge in [-0.1, -0.05) is 0 Å². The van der Waals surface area contributed by atoms with Crippen LogP contribution in [0.15, 0.2) is 63.1 Å². The van der Waals surface area contributed by atoms with Gasteiger partial charge in [0.05, 0.1) is 33.0 Å². The number of ether oxygens (including phenoxy) is 4. The third-order valence-electron chi connectivity index (χ3n) is 10.6. The Kier molecular flexibility index (Phi) is 19.9. The van der Waals surface area contributed by atoms with Crippen molar-refractivity contribution in [1.82, 2.24) is 38.2 Å². The fraction of sp³-hybridized carbons (Fsp3) is 0.556. The summed E-state index contributed by atoms with van der Waals surface area (Å²) in [6.07, 6.45) is -20.9. The van der Waals surface area contributed by atoms with Crippen LogP contribution in [-0.2, 0) is 55.3 Å². The van der Waals surface area contributed by atoms with Crippen molar-refractivity contribution in [3.8, 4) is 0 Å². The first-order chi connectivity index (χ1) is 42.2. The quantitative estimate of drug-likeness (QED) is 0.0369. The van der Waals surface area contributed by atoms with Gasteiger partial charge in [-0.15, -0.1) is 0 Å². The van der Waals surface area contributed by atoms with Crippen molar-refractivity contribution in [2.45, 2.75) is 98.4 Å². The first-order valence-electron chi connectivity index (χ1n) is 25.5. The zero-order valence-electron chi connectivity index (χ0n) is 48.1. The van der Waals surface area contributed by atoms with Crippen LogP contribution in [-0.4, -0.2) is 172 Å². The Morgan fingerprint density at radius 2 is 0.682 bits per heavy atom. The average molecular weight is 1380 g/mol. The Hall–Kier alpha value is -5.72. The van der Waals surface area contributed by atoms with Crippen LogP contribution in [0.2, 0.25) is 0 Å². The highest BCUT2D eigenvalue weighted by molar-refractivity contribution is 7.47. The van der Waals surface area contributed by atoms with Crippen LogP contribution in [0.4, 0.5) is 35.1 Å². The number of hydrogen-bond donors (Lipinski definition) is 16. The SMILES string of the molecule is O=c1[nH]c(=O)n([C@@H]2O[C@](F)(COP(=O)(O)O)C[C@H]2O)cc1F.[2H]C([2H])(OP(=O)(O)O)[C@]1(F)C[C@@H](O)[C@H](n2cc(F)c(=O)[nH]c2=O)O1.[2H]C([2H])(OP(=O)(O)O)[C@]1(F)C[C@@H](O)[C@]([2H])(n2cc(F)c(=O)[nH]c2=O)O1.[2H][C@@]1(n2cc(F)c(=O)[nH]c2=O)O[C@](F)(COP(=O)(O)O)C[C@H]1O. The largest absolute Gasteiger partial charge is 0.469 e. The van der Waals surface area contributed by atoms with E-state index in [4.69, 9.17) is 52.1 Å². The Balaban J connectivity index is 0.000000227. The number of alkyl halides is 4. The van der Waals surface area contributed by atoms with Crippen LogP contribution < -0.4 is 45.0 Å². The molecule has 4 fully saturated rings. The van der Waals surface area contributed by atoms with Crippen molar-refractivity contribution >= 4 is 31.3 Å². The van der Waals surface area contributed by atoms with Crippen molar-refractivity contribution in [2.24, 2.45) is 0 Å². The molecule has 0 aliphatic carbocycles. The lowest BCUT2D eigenvalue weighted by molar-refractivity contribution is -0.179. The van der Waals surface area contributed by atoms with Gasteiger partial charge in [0.15, 0.2) is 24.9 Å². The lowest BCUT2D eigenvalue weighted by Crippen LogP contribution is -2.37. The van der Waals surface area contributed by atoms with Gasteiger partial charge in [0, 0.05) is 25.7 Å². The summed E-state index contributed by atoms with van der Waals surface area (Å²) < 4.78 is 232. The molecule has 4 aliphatic rings. The van der Waals surface area contributed by atoms with Crippen LogP contribution in [0.5, 0.6) is 0 Å². The Morgan fingerprint density at radius 1 is 0.443 bits per heavy atom. The number of aliphatic hydroxyl groups excluding tert-OH is 4. The third kappa shape index (κ3) is 20.1. The summed E-state index contributed by atoms with van der Waals surface area (Å²) in [6.45, 7) is -10.1. The van der Waals surface area contributed by atoms with E-state index in [2.05, 4.69) is 32.3 Å². The number of aliphatic hydroxyl groups is 4. The molecular weight excluding hydrogens is 1330 g/mol. The smallest absolute Gasteiger partial charge is 0.388 e. The molecule has 0 unspecified atom stereocenters. The second-order valence-electron chi connectivity index (χ2n) is 17.5. The van der Waals surface area contributed by atoms with E-state index in [0.29, 0.717) is 17.0 Å².